The molecule has 1 amide bonds. The lowest BCUT2D eigenvalue weighted by Gasteiger charge is -2.43. The fourth-order valence-electron chi connectivity index (χ4n) is 4.94. The maximum atomic E-state index is 13.1. The molecule has 3 heterocycles. The maximum Gasteiger partial charge on any atom is 0.241 e. The van der Waals surface area contributed by atoms with Crippen LogP contribution >= 0.6 is 0 Å². The highest BCUT2D eigenvalue weighted by molar-refractivity contribution is 5.96. The van der Waals surface area contributed by atoms with Crippen molar-refractivity contribution in [3.63, 3.8) is 0 Å². The van der Waals surface area contributed by atoms with Crippen molar-refractivity contribution in [3.05, 3.63) is 29.8 Å². The molecule has 142 valence electrons. The molecule has 4 rings (SSSR count). The number of aryl methyl sites for hydroxylation is 1. The van der Waals surface area contributed by atoms with E-state index in [1.807, 2.05) is 17.9 Å². The number of hydrogen-bond acceptors (Lipinski definition) is 4. The van der Waals surface area contributed by atoms with Gasteiger partial charge in [-0.25, -0.2) is 0 Å². The van der Waals surface area contributed by atoms with E-state index >= 15 is 0 Å². The van der Waals surface area contributed by atoms with Gasteiger partial charge in [-0.1, -0.05) is 18.2 Å². The molecule has 0 aliphatic carbocycles. The van der Waals surface area contributed by atoms with E-state index in [4.69, 9.17) is 4.74 Å². The highest BCUT2D eigenvalue weighted by atomic mass is 16.5. The number of carbonyl (C=O) groups is 1. The summed E-state index contributed by atoms with van der Waals surface area (Å²) in [4.78, 5) is 17.3. The minimum Gasteiger partial charge on any atom is -0.390 e. The monoisotopic (exact) mass is 358 g/mol. The first-order valence-electron chi connectivity index (χ1n) is 9.99. The number of rotatable bonds is 3. The van der Waals surface area contributed by atoms with Crippen molar-refractivity contribution < 1.29 is 14.6 Å². The Hall–Kier alpha value is -1.43. The second kappa shape index (κ2) is 7.29. The maximum absolute atomic E-state index is 13.1. The summed E-state index contributed by atoms with van der Waals surface area (Å²) in [6.07, 6.45) is 4.87. The summed E-state index contributed by atoms with van der Waals surface area (Å²) in [5.41, 5.74) is 1.65. The standard InChI is InChI=1S/C21H30N2O3/c1-21(25)10-13-26-15-17(21)19-9-5-11-22(19)14-20(24)23-12-4-7-16-6-2-3-8-18(16)23/h2-3,6,8,17,19,25H,4-5,7,9-15H2,1H3. The van der Waals surface area contributed by atoms with Crippen LogP contribution in [0.1, 0.15) is 38.2 Å². The smallest absolute Gasteiger partial charge is 0.241 e. The van der Waals surface area contributed by atoms with Gasteiger partial charge in [0.1, 0.15) is 0 Å². The number of anilines is 1. The Balaban J connectivity index is 1.47. The fourth-order valence-corrected chi connectivity index (χ4v) is 4.94. The SMILES string of the molecule is CC1(O)CCOCC1C1CCCN1CC(=O)N1CCCc2ccccc21. The van der Waals surface area contributed by atoms with E-state index < -0.39 is 5.60 Å². The summed E-state index contributed by atoms with van der Waals surface area (Å²) >= 11 is 0. The van der Waals surface area contributed by atoms with Crippen LogP contribution in [0.3, 0.4) is 0 Å². The first-order chi connectivity index (χ1) is 12.6. The average Bonchev–Trinajstić information content (AvgIpc) is 3.08. The van der Waals surface area contributed by atoms with Gasteiger partial charge in [0.25, 0.3) is 0 Å². The van der Waals surface area contributed by atoms with E-state index in [-0.39, 0.29) is 17.9 Å². The van der Waals surface area contributed by atoms with Gasteiger partial charge in [0.05, 0.1) is 18.8 Å². The van der Waals surface area contributed by atoms with E-state index in [9.17, 15) is 9.90 Å². The van der Waals surface area contributed by atoms with Crippen molar-refractivity contribution >= 4 is 11.6 Å². The number of aliphatic hydroxyl groups is 1. The Bertz CT molecular complexity index is 660. The van der Waals surface area contributed by atoms with Crippen molar-refractivity contribution in [2.75, 3.05) is 37.7 Å². The molecule has 0 aromatic heterocycles. The van der Waals surface area contributed by atoms with Gasteiger partial charge in [-0.15, -0.1) is 0 Å². The number of nitrogens with zero attached hydrogens (tertiary/aromatic N) is 2. The molecule has 5 heteroatoms. The summed E-state index contributed by atoms with van der Waals surface area (Å²) in [5.74, 6) is 0.264. The topological polar surface area (TPSA) is 53.0 Å². The molecule has 1 aromatic carbocycles. The van der Waals surface area contributed by atoms with Gasteiger partial charge >= 0.3 is 0 Å². The Morgan fingerprint density at radius 2 is 2.15 bits per heavy atom. The number of amides is 1. The van der Waals surface area contributed by atoms with Crippen molar-refractivity contribution in [2.24, 2.45) is 5.92 Å². The first kappa shape index (κ1) is 18.0. The van der Waals surface area contributed by atoms with Crippen LogP contribution in [-0.2, 0) is 16.0 Å². The Morgan fingerprint density at radius 3 is 3.00 bits per heavy atom. The highest BCUT2D eigenvalue weighted by Crippen LogP contribution is 2.36. The van der Waals surface area contributed by atoms with Crippen LogP contribution in [0, 0.1) is 5.92 Å². The van der Waals surface area contributed by atoms with Crippen LogP contribution in [-0.4, -0.2) is 60.4 Å². The van der Waals surface area contributed by atoms with Crippen LogP contribution in [0.25, 0.3) is 0 Å². The molecule has 0 bridgehead atoms. The molecule has 2 saturated heterocycles. The van der Waals surface area contributed by atoms with Gasteiger partial charge in [0, 0.05) is 30.8 Å². The molecule has 3 aliphatic rings. The van der Waals surface area contributed by atoms with Crippen LogP contribution in [0.2, 0.25) is 0 Å². The van der Waals surface area contributed by atoms with Crippen molar-refractivity contribution in [1.29, 1.82) is 0 Å². The third-order valence-electron chi connectivity index (χ3n) is 6.48. The van der Waals surface area contributed by atoms with Gasteiger partial charge in [-0.05, 0) is 57.2 Å². The second-order valence-corrected chi connectivity index (χ2v) is 8.25. The molecule has 26 heavy (non-hydrogen) atoms. The molecule has 1 N–H and O–H groups in total. The molecule has 3 unspecified atom stereocenters. The Morgan fingerprint density at radius 1 is 1.31 bits per heavy atom. The van der Waals surface area contributed by atoms with Gasteiger partial charge in [0.15, 0.2) is 0 Å². The predicted octanol–water partition coefficient (Wildman–Crippen LogP) is 2.22. The number of ether oxygens (including phenoxy) is 1. The summed E-state index contributed by atoms with van der Waals surface area (Å²) in [6, 6.07) is 8.49. The first-order valence-corrected chi connectivity index (χ1v) is 9.99. The number of para-hydroxylation sites is 1. The summed E-state index contributed by atoms with van der Waals surface area (Å²) < 4.78 is 5.66. The summed E-state index contributed by atoms with van der Waals surface area (Å²) in [7, 11) is 0. The normalized spacial score (nSPS) is 32.5. The second-order valence-electron chi connectivity index (χ2n) is 8.25. The van der Waals surface area contributed by atoms with Gasteiger partial charge in [0.2, 0.25) is 5.91 Å². The van der Waals surface area contributed by atoms with Crippen molar-refractivity contribution in [1.82, 2.24) is 4.90 Å². The van der Waals surface area contributed by atoms with Crippen molar-refractivity contribution in [2.45, 2.75) is 50.7 Å². The quantitative estimate of drug-likeness (QED) is 0.900. The number of fused-ring (bicyclic) bond motifs is 1. The zero-order chi connectivity index (χ0) is 18.1. The fraction of sp³-hybridized carbons (Fsp3) is 0.667. The summed E-state index contributed by atoms with van der Waals surface area (Å²) in [5, 5.41) is 10.8. The summed E-state index contributed by atoms with van der Waals surface area (Å²) in [6.45, 7) is 5.32. The number of likely N-dealkylation sites (tertiary alicyclic amines) is 1. The van der Waals surface area contributed by atoms with Gasteiger partial charge < -0.3 is 14.7 Å². The predicted molar refractivity (Wildman–Crippen MR) is 101 cm³/mol. The molecule has 3 atom stereocenters. The lowest BCUT2D eigenvalue weighted by atomic mass is 9.79. The van der Waals surface area contributed by atoms with Crippen LogP contribution in [0.4, 0.5) is 5.69 Å². The largest absolute Gasteiger partial charge is 0.390 e. The molecule has 1 aromatic rings. The lowest BCUT2D eigenvalue weighted by Crippen LogP contribution is -2.54. The van der Waals surface area contributed by atoms with E-state index in [0.717, 1.165) is 44.5 Å². The molecule has 5 nitrogen and oxygen atoms in total. The van der Waals surface area contributed by atoms with E-state index in [1.165, 1.54) is 5.56 Å². The minimum absolute atomic E-state index is 0.0835. The number of benzene rings is 1. The third kappa shape index (κ3) is 3.40. The van der Waals surface area contributed by atoms with Crippen LogP contribution in [0.5, 0.6) is 0 Å². The zero-order valence-electron chi connectivity index (χ0n) is 15.7. The minimum atomic E-state index is -0.702. The van der Waals surface area contributed by atoms with E-state index in [1.54, 1.807) is 0 Å². The molecule has 3 aliphatic heterocycles. The molecular formula is C21H30N2O3. The number of carbonyl (C=O) groups excluding carboxylic acids is 1. The molecule has 0 radical (unpaired) electrons. The van der Waals surface area contributed by atoms with Gasteiger partial charge in [-0.3, -0.25) is 9.69 Å². The molecule has 0 saturated carbocycles. The Labute approximate surface area is 155 Å². The third-order valence-corrected chi connectivity index (χ3v) is 6.48. The van der Waals surface area contributed by atoms with Crippen LogP contribution < -0.4 is 4.90 Å². The molecular weight excluding hydrogens is 328 g/mol. The molecule has 2 fully saturated rings. The lowest BCUT2D eigenvalue weighted by molar-refractivity contribution is -0.130. The Kier molecular flexibility index (Phi) is 5.04. The highest BCUT2D eigenvalue weighted by Gasteiger charge is 2.44. The van der Waals surface area contributed by atoms with Crippen LogP contribution in [0.15, 0.2) is 24.3 Å². The average molecular weight is 358 g/mol. The number of hydrogen-bond donors (Lipinski definition) is 1. The van der Waals surface area contributed by atoms with E-state index in [0.29, 0.717) is 26.2 Å². The van der Waals surface area contributed by atoms with Gasteiger partial charge in [-0.2, -0.15) is 0 Å². The zero-order valence-corrected chi connectivity index (χ0v) is 15.7. The molecule has 0 spiro atoms. The van der Waals surface area contributed by atoms with Crippen molar-refractivity contribution in [3.8, 4) is 0 Å². The van der Waals surface area contributed by atoms with E-state index in [2.05, 4.69) is 23.1 Å².